The van der Waals surface area contributed by atoms with E-state index in [0.29, 0.717) is 22.4 Å². The smallest absolute Gasteiger partial charge is 0.258 e. The quantitative estimate of drug-likeness (QED) is 0.371. The largest absolute Gasteiger partial charge is 0.497 e. The van der Waals surface area contributed by atoms with Crippen LogP contribution in [0.15, 0.2) is 89.1 Å². The summed E-state index contributed by atoms with van der Waals surface area (Å²) < 4.78 is 24.5. The van der Waals surface area contributed by atoms with Crippen molar-refractivity contribution < 1.29 is 13.7 Å². The van der Waals surface area contributed by atoms with E-state index in [1.54, 1.807) is 19.2 Å². The minimum Gasteiger partial charge on any atom is -0.497 e. The average molecular weight is 473 g/mol. The SMILES string of the molecule is COc1cccc(C2NC(=S)N(c3ccccc3)C(C)=C2c2nc(-c3ccc(F)cc3)no2)c1. The minimum absolute atomic E-state index is 0.326. The number of benzene rings is 3. The van der Waals surface area contributed by atoms with Gasteiger partial charge < -0.3 is 14.6 Å². The Bertz CT molecular complexity index is 1370. The van der Waals surface area contributed by atoms with E-state index in [4.69, 9.17) is 21.5 Å². The van der Waals surface area contributed by atoms with E-state index in [9.17, 15) is 4.39 Å². The number of methoxy groups -OCH3 is 1. The summed E-state index contributed by atoms with van der Waals surface area (Å²) in [7, 11) is 1.63. The maximum atomic E-state index is 13.4. The summed E-state index contributed by atoms with van der Waals surface area (Å²) in [5.41, 5.74) is 4.15. The zero-order chi connectivity index (χ0) is 23.7. The summed E-state index contributed by atoms with van der Waals surface area (Å²) in [5.74, 6) is 1.12. The molecule has 0 aliphatic carbocycles. The summed E-state index contributed by atoms with van der Waals surface area (Å²) in [6.07, 6.45) is 0. The molecule has 1 aliphatic rings. The number of halogens is 1. The number of nitrogens with zero attached hydrogens (tertiary/aromatic N) is 3. The molecule has 3 aromatic carbocycles. The Morgan fingerprint density at radius 1 is 1.03 bits per heavy atom. The lowest BCUT2D eigenvalue weighted by Gasteiger charge is -2.37. The molecule has 1 N–H and O–H groups in total. The van der Waals surface area contributed by atoms with Crippen LogP contribution in [0.3, 0.4) is 0 Å². The molecule has 1 atom stereocenters. The topological polar surface area (TPSA) is 63.4 Å². The Morgan fingerprint density at radius 2 is 1.79 bits per heavy atom. The maximum absolute atomic E-state index is 13.4. The summed E-state index contributed by atoms with van der Waals surface area (Å²) in [4.78, 5) is 6.60. The van der Waals surface area contributed by atoms with Crippen molar-refractivity contribution >= 4 is 28.6 Å². The van der Waals surface area contributed by atoms with Crippen LogP contribution in [0.2, 0.25) is 0 Å². The molecule has 170 valence electrons. The fraction of sp³-hybridized carbons (Fsp3) is 0.115. The fourth-order valence-corrected chi connectivity index (χ4v) is 4.39. The highest BCUT2D eigenvalue weighted by molar-refractivity contribution is 7.80. The second-order valence-electron chi connectivity index (χ2n) is 7.76. The van der Waals surface area contributed by atoms with Gasteiger partial charge in [0.05, 0.1) is 18.7 Å². The number of hydrogen-bond donors (Lipinski definition) is 1. The third kappa shape index (κ3) is 4.04. The number of ether oxygens (including phenoxy) is 1. The molecule has 1 aromatic heterocycles. The third-order valence-electron chi connectivity index (χ3n) is 5.69. The molecule has 0 bridgehead atoms. The number of allylic oxidation sites excluding steroid dienone is 1. The van der Waals surface area contributed by atoms with Gasteiger partial charge in [0.15, 0.2) is 5.11 Å². The van der Waals surface area contributed by atoms with Crippen molar-refractivity contribution in [3.05, 3.63) is 102 Å². The highest BCUT2D eigenvalue weighted by Gasteiger charge is 2.35. The van der Waals surface area contributed by atoms with Gasteiger partial charge in [-0.1, -0.05) is 35.5 Å². The predicted molar refractivity (Wildman–Crippen MR) is 133 cm³/mol. The third-order valence-corrected chi connectivity index (χ3v) is 5.99. The molecule has 0 saturated heterocycles. The van der Waals surface area contributed by atoms with Crippen molar-refractivity contribution in [3.8, 4) is 17.1 Å². The first-order valence-electron chi connectivity index (χ1n) is 10.7. The first kappa shape index (κ1) is 21.8. The molecule has 0 amide bonds. The number of anilines is 1. The van der Waals surface area contributed by atoms with Crippen LogP contribution in [-0.4, -0.2) is 22.4 Å². The molecular formula is C26H21FN4O2S. The molecule has 5 rings (SSSR count). The molecule has 0 radical (unpaired) electrons. The van der Waals surface area contributed by atoms with Crippen LogP contribution in [0.5, 0.6) is 5.75 Å². The molecule has 2 heterocycles. The summed E-state index contributed by atoms with van der Waals surface area (Å²) in [6, 6.07) is 23.2. The van der Waals surface area contributed by atoms with Crippen LogP contribution in [0.1, 0.15) is 24.4 Å². The van der Waals surface area contributed by atoms with Gasteiger partial charge in [-0.05, 0) is 73.2 Å². The lowest BCUT2D eigenvalue weighted by molar-refractivity contribution is 0.403. The Labute approximate surface area is 201 Å². The molecule has 34 heavy (non-hydrogen) atoms. The number of nitrogens with one attached hydrogen (secondary N) is 1. The van der Waals surface area contributed by atoms with Crippen LogP contribution < -0.4 is 15.0 Å². The van der Waals surface area contributed by atoms with Gasteiger partial charge in [-0.2, -0.15) is 4.98 Å². The Hall–Kier alpha value is -4.04. The van der Waals surface area contributed by atoms with Gasteiger partial charge in [0.1, 0.15) is 11.6 Å². The van der Waals surface area contributed by atoms with Gasteiger partial charge in [0, 0.05) is 16.9 Å². The van der Waals surface area contributed by atoms with Gasteiger partial charge in [-0.25, -0.2) is 4.39 Å². The molecule has 0 fully saturated rings. The number of rotatable bonds is 5. The van der Waals surface area contributed by atoms with Gasteiger partial charge >= 0.3 is 0 Å². The van der Waals surface area contributed by atoms with Crippen molar-refractivity contribution in [2.75, 3.05) is 12.0 Å². The molecule has 1 unspecified atom stereocenters. The second kappa shape index (κ2) is 9.07. The van der Waals surface area contributed by atoms with Crippen LogP contribution >= 0.6 is 12.2 Å². The minimum atomic E-state index is -0.343. The highest BCUT2D eigenvalue weighted by atomic mass is 32.1. The maximum Gasteiger partial charge on any atom is 0.258 e. The van der Waals surface area contributed by atoms with E-state index in [2.05, 4.69) is 15.5 Å². The predicted octanol–water partition coefficient (Wildman–Crippen LogP) is 5.75. The second-order valence-corrected chi connectivity index (χ2v) is 8.15. The molecule has 0 saturated carbocycles. The normalized spacial score (nSPS) is 15.9. The van der Waals surface area contributed by atoms with Gasteiger partial charge in [-0.15, -0.1) is 0 Å². The zero-order valence-electron chi connectivity index (χ0n) is 18.5. The number of hydrogen-bond acceptors (Lipinski definition) is 5. The molecule has 8 heteroatoms. The average Bonchev–Trinajstić information content (AvgIpc) is 3.34. The Morgan fingerprint density at radius 3 is 2.53 bits per heavy atom. The van der Waals surface area contributed by atoms with Crippen molar-refractivity contribution in [2.45, 2.75) is 13.0 Å². The molecule has 4 aromatic rings. The Balaban J connectivity index is 1.65. The number of para-hydroxylation sites is 1. The van der Waals surface area contributed by atoms with E-state index >= 15 is 0 Å². The van der Waals surface area contributed by atoms with E-state index in [1.807, 2.05) is 66.4 Å². The van der Waals surface area contributed by atoms with Crippen LogP contribution in [-0.2, 0) is 0 Å². The van der Waals surface area contributed by atoms with E-state index in [-0.39, 0.29) is 11.9 Å². The first-order chi connectivity index (χ1) is 16.5. The van der Waals surface area contributed by atoms with Crippen molar-refractivity contribution in [3.63, 3.8) is 0 Å². The van der Waals surface area contributed by atoms with Crippen LogP contribution in [0.4, 0.5) is 10.1 Å². The molecule has 1 aliphatic heterocycles. The van der Waals surface area contributed by atoms with Crippen molar-refractivity contribution in [1.29, 1.82) is 0 Å². The Kier molecular flexibility index (Phi) is 5.81. The zero-order valence-corrected chi connectivity index (χ0v) is 19.3. The standard InChI is InChI=1S/C26H21FN4O2S/c1-16-22(25-29-24(30-33-25)17-11-13-19(27)14-12-17)23(18-7-6-10-21(15-18)32-2)28-26(34)31(16)20-8-4-3-5-9-20/h3-15,23H,1-2H3,(H,28,34). The number of thiocarbonyl (C=S) groups is 1. The van der Waals surface area contributed by atoms with Crippen LogP contribution in [0.25, 0.3) is 17.0 Å². The monoisotopic (exact) mass is 472 g/mol. The van der Waals surface area contributed by atoms with Gasteiger partial charge in [-0.3, -0.25) is 4.90 Å². The van der Waals surface area contributed by atoms with Gasteiger partial charge in [0.25, 0.3) is 5.89 Å². The highest BCUT2D eigenvalue weighted by Crippen LogP contribution is 2.39. The number of aromatic nitrogens is 2. The molecular weight excluding hydrogens is 451 g/mol. The van der Waals surface area contributed by atoms with Crippen LogP contribution in [0, 0.1) is 5.82 Å². The van der Waals surface area contributed by atoms with Gasteiger partial charge in [0.2, 0.25) is 5.82 Å². The van der Waals surface area contributed by atoms with Crippen molar-refractivity contribution in [2.24, 2.45) is 0 Å². The van der Waals surface area contributed by atoms with E-state index < -0.39 is 0 Å². The lowest BCUT2D eigenvalue weighted by Crippen LogP contribution is -2.46. The summed E-state index contributed by atoms with van der Waals surface area (Å²) in [5, 5.41) is 8.15. The summed E-state index contributed by atoms with van der Waals surface area (Å²) in [6.45, 7) is 1.98. The summed E-state index contributed by atoms with van der Waals surface area (Å²) >= 11 is 5.77. The fourth-order valence-electron chi connectivity index (χ4n) is 4.03. The first-order valence-corrected chi connectivity index (χ1v) is 11.1. The van der Waals surface area contributed by atoms with E-state index in [0.717, 1.165) is 28.3 Å². The molecule has 0 spiro atoms. The molecule has 6 nitrogen and oxygen atoms in total. The van der Waals surface area contributed by atoms with Crippen molar-refractivity contribution in [1.82, 2.24) is 15.5 Å². The lowest BCUT2D eigenvalue weighted by atomic mass is 9.94. The van der Waals surface area contributed by atoms with E-state index in [1.165, 1.54) is 12.1 Å².